The molecule has 3 rings (SSSR count). The first-order chi connectivity index (χ1) is 11.0. The summed E-state index contributed by atoms with van der Waals surface area (Å²) in [4.78, 5) is 9.08. The summed E-state index contributed by atoms with van der Waals surface area (Å²) >= 11 is 0. The van der Waals surface area contributed by atoms with E-state index in [0.29, 0.717) is 11.9 Å². The van der Waals surface area contributed by atoms with E-state index in [1.165, 1.54) is 19.3 Å². The predicted octanol–water partition coefficient (Wildman–Crippen LogP) is 1.97. The molecule has 0 bridgehead atoms. The zero-order valence-electron chi connectivity index (χ0n) is 14.5. The number of likely N-dealkylation sites (N-methyl/N-ethyl adjacent to an activating group) is 1. The fraction of sp³-hybridized carbons (Fsp3) is 0.882. The molecule has 1 aromatic rings. The Bertz CT molecular complexity index is 499. The van der Waals surface area contributed by atoms with E-state index < -0.39 is 5.60 Å². The van der Waals surface area contributed by atoms with E-state index in [1.54, 1.807) is 0 Å². The molecule has 6 nitrogen and oxygen atoms in total. The minimum atomic E-state index is -0.472. The minimum absolute atomic E-state index is 0.472. The standard InChI is InChI=1S/C17H30N4O2/c1-14-18-16(19-23-14)12-21-10-6-7-15(11-21)20(2)13-17(22)8-4-3-5-9-17/h15,22H,3-13H2,1-2H3. The molecule has 2 aliphatic rings. The number of rotatable bonds is 5. The SMILES string of the molecule is Cc1nc(CN2CCCC(N(C)CC3(O)CCCCC3)C2)no1. The quantitative estimate of drug-likeness (QED) is 0.894. The van der Waals surface area contributed by atoms with Crippen LogP contribution in [0.2, 0.25) is 0 Å². The molecule has 2 fully saturated rings. The molecule has 1 aliphatic carbocycles. The molecule has 130 valence electrons. The van der Waals surface area contributed by atoms with E-state index in [2.05, 4.69) is 27.0 Å². The second-order valence-corrected chi connectivity index (χ2v) is 7.46. The first-order valence-corrected chi connectivity index (χ1v) is 8.98. The van der Waals surface area contributed by atoms with Gasteiger partial charge in [0.15, 0.2) is 5.82 Å². The first kappa shape index (κ1) is 16.9. The number of piperidine rings is 1. The van der Waals surface area contributed by atoms with Crippen molar-refractivity contribution in [2.75, 3.05) is 26.7 Å². The van der Waals surface area contributed by atoms with Crippen molar-refractivity contribution in [3.63, 3.8) is 0 Å². The van der Waals surface area contributed by atoms with Crippen LogP contribution in [0, 0.1) is 6.92 Å². The molecule has 1 aliphatic heterocycles. The van der Waals surface area contributed by atoms with Crippen molar-refractivity contribution in [2.24, 2.45) is 0 Å². The molecule has 1 aromatic heterocycles. The van der Waals surface area contributed by atoms with Gasteiger partial charge in [-0.3, -0.25) is 9.80 Å². The third-order valence-electron chi connectivity index (χ3n) is 5.37. The fourth-order valence-electron chi connectivity index (χ4n) is 4.10. The Hall–Kier alpha value is -0.980. The third kappa shape index (κ3) is 4.52. The minimum Gasteiger partial charge on any atom is -0.389 e. The van der Waals surface area contributed by atoms with Crippen LogP contribution < -0.4 is 0 Å². The van der Waals surface area contributed by atoms with Gasteiger partial charge in [0.05, 0.1) is 12.1 Å². The zero-order chi connectivity index (χ0) is 16.3. The van der Waals surface area contributed by atoms with Gasteiger partial charge in [-0.25, -0.2) is 0 Å². The molecule has 0 aromatic carbocycles. The van der Waals surface area contributed by atoms with Crippen molar-refractivity contribution in [3.8, 4) is 0 Å². The molecule has 2 heterocycles. The lowest BCUT2D eigenvalue weighted by molar-refractivity contribution is -0.0366. The van der Waals surface area contributed by atoms with Crippen LogP contribution in [0.4, 0.5) is 0 Å². The van der Waals surface area contributed by atoms with Crippen LogP contribution in [-0.4, -0.2) is 63.4 Å². The molecule has 23 heavy (non-hydrogen) atoms. The van der Waals surface area contributed by atoms with Crippen molar-refractivity contribution < 1.29 is 9.63 Å². The van der Waals surface area contributed by atoms with Gasteiger partial charge in [0.1, 0.15) is 0 Å². The number of hydrogen-bond acceptors (Lipinski definition) is 6. The summed E-state index contributed by atoms with van der Waals surface area (Å²) in [6.45, 7) is 5.48. The van der Waals surface area contributed by atoms with Gasteiger partial charge in [-0.15, -0.1) is 0 Å². The van der Waals surface area contributed by atoms with Crippen LogP contribution in [0.15, 0.2) is 4.52 Å². The van der Waals surface area contributed by atoms with E-state index >= 15 is 0 Å². The number of nitrogens with zero attached hydrogens (tertiary/aromatic N) is 4. The molecule has 1 unspecified atom stereocenters. The highest BCUT2D eigenvalue weighted by atomic mass is 16.5. The highest BCUT2D eigenvalue weighted by Gasteiger charge is 2.33. The monoisotopic (exact) mass is 322 g/mol. The maximum atomic E-state index is 10.8. The second kappa shape index (κ2) is 7.28. The van der Waals surface area contributed by atoms with Gasteiger partial charge in [-0.1, -0.05) is 24.4 Å². The number of aryl methyl sites for hydroxylation is 1. The zero-order valence-corrected chi connectivity index (χ0v) is 14.5. The van der Waals surface area contributed by atoms with Crippen molar-refractivity contribution in [2.45, 2.75) is 70.1 Å². The number of aromatic nitrogens is 2. The number of hydrogen-bond donors (Lipinski definition) is 1. The molecule has 1 saturated carbocycles. The van der Waals surface area contributed by atoms with Crippen molar-refractivity contribution >= 4 is 0 Å². The van der Waals surface area contributed by atoms with Gasteiger partial charge in [-0.2, -0.15) is 4.98 Å². The van der Waals surface area contributed by atoms with Crippen LogP contribution >= 0.6 is 0 Å². The second-order valence-electron chi connectivity index (χ2n) is 7.46. The summed E-state index contributed by atoms with van der Waals surface area (Å²) in [5.41, 5.74) is -0.472. The summed E-state index contributed by atoms with van der Waals surface area (Å²) in [6.07, 6.45) is 7.90. The lowest BCUT2D eigenvalue weighted by Gasteiger charge is -2.42. The van der Waals surface area contributed by atoms with Crippen molar-refractivity contribution in [3.05, 3.63) is 11.7 Å². The first-order valence-electron chi connectivity index (χ1n) is 8.98. The molecule has 0 spiro atoms. The lowest BCUT2D eigenvalue weighted by Crippen LogP contribution is -2.51. The summed E-state index contributed by atoms with van der Waals surface area (Å²) in [5.74, 6) is 1.40. The topological polar surface area (TPSA) is 65.6 Å². The maximum Gasteiger partial charge on any atom is 0.223 e. The average Bonchev–Trinajstić information content (AvgIpc) is 2.93. The Morgan fingerprint density at radius 1 is 1.30 bits per heavy atom. The van der Waals surface area contributed by atoms with Crippen LogP contribution in [-0.2, 0) is 6.54 Å². The summed E-state index contributed by atoms with van der Waals surface area (Å²) in [5, 5.41) is 14.8. The normalized spacial score (nSPS) is 25.8. The largest absolute Gasteiger partial charge is 0.389 e. The molecule has 1 N–H and O–H groups in total. The summed E-state index contributed by atoms with van der Waals surface area (Å²) in [6, 6.07) is 0.502. The summed E-state index contributed by atoms with van der Waals surface area (Å²) in [7, 11) is 2.17. The van der Waals surface area contributed by atoms with Crippen LogP contribution in [0.5, 0.6) is 0 Å². The Kier molecular flexibility index (Phi) is 5.34. The number of likely N-dealkylation sites (tertiary alicyclic amines) is 1. The molecule has 1 atom stereocenters. The highest BCUT2D eigenvalue weighted by molar-refractivity contribution is 4.90. The van der Waals surface area contributed by atoms with Crippen LogP contribution in [0.3, 0.4) is 0 Å². The van der Waals surface area contributed by atoms with Gasteiger partial charge in [-0.05, 0) is 39.3 Å². The Morgan fingerprint density at radius 2 is 2.09 bits per heavy atom. The van der Waals surface area contributed by atoms with E-state index in [4.69, 9.17) is 4.52 Å². The Labute approximate surface area is 138 Å². The molecule has 1 saturated heterocycles. The highest BCUT2D eigenvalue weighted by Crippen LogP contribution is 2.29. The van der Waals surface area contributed by atoms with E-state index in [0.717, 1.165) is 57.7 Å². The fourth-order valence-corrected chi connectivity index (χ4v) is 4.10. The average molecular weight is 322 g/mol. The van der Waals surface area contributed by atoms with Crippen molar-refractivity contribution in [1.82, 2.24) is 19.9 Å². The molecular formula is C17H30N4O2. The Morgan fingerprint density at radius 3 is 2.78 bits per heavy atom. The summed E-state index contributed by atoms with van der Waals surface area (Å²) < 4.78 is 5.06. The van der Waals surface area contributed by atoms with Gasteiger partial charge in [0.2, 0.25) is 5.89 Å². The van der Waals surface area contributed by atoms with Gasteiger partial charge < -0.3 is 9.63 Å². The number of aliphatic hydroxyl groups is 1. The maximum absolute atomic E-state index is 10.8. The molecule has 0 radical (unpaired) electrons. The lowest BCUT2D eigenvalue weighted by atomic mass is 9.84. The third-order valence-corrected chi connectivity index (χ3v) is 5.37. The van der Waals surface area contributed by atoms with Crippen LogP contribution in [0.25, 0.3) is 0 Å². The van der Waals surface area contributed by atoms with Crippen molar-refractivity contribution in [1.29, 1.82) is 0 Å². The molecular weight excluding hydrogens is 292 g/mol. The van der Waals surface area contributed by atoms with Gasteiger partial charge in [0, 0.05) is 26.1 Å². The van der Waals surface area contributed by atoms with E-state index in [1.807, 2.05) is 6.92 Å². The van der Waals surface area contributed by atoms with Crippen LogP contribution in [0.1, 0.15) is 56.7 Å². The van der Waals surface area contributed by atoms with E-state index in [-0.39, 0.29) is 0 Å². The molecule has 6 heteroatoms. The smallest absolute Gasteiger partial charge is 0.223 e. The van der Waals surface area contributed by atoms with E-state index in [9.17, 15) is 5.11 Å². The molecule has 0 amide bonds. The van der Waals surface area contributed by atoms with Gasteiger partial charge in [0.25, 0.3) is 0 Å². The van der Waals surface area contributed by atoms with Gasteiger partial charge >= 0.3 is 0 Å². The Balaban J connectivity index is 1.52. The predicted molar refractivity (Wildman–Crippen MR) is 88.0 cm³/mol.